The summed E-state index contributed by atoms with van der Waals surface area (Å²) in [5.74, 6) is -10.3. The van der Waals surface area contributed by atoms with Crippen molar-refractivity contribution < 1.29 is 48.0 Å². The summed E-state index contributed by atoms with van der Waals surface area (Å²) in [6, 6.07) is 0. The molecule has 0 saturated heterocycles. The number of hydrogen-bond acceptors (Lipinski definition) is 10. The molecule has 2 aliphatic carbocycles. The molecule has 1 N–H and O–H groups in total. The highest BCUT2D eigenvalue weighted by atomic mass is 16.5. The van der Waals surface area contributed by atoms with Gasteiger partial charge in [0.2, 0.25) is 0 Å². The summed E-state index contributed by atoms with van der Waals surface area (Å²) in [7, 11) is 0. The number of esters is 4. The maximum absolute atomic E-state index is 13.0. The zero-order valence-electron chi connectivity index (χ0n) is 17.2. The normalized spacial score (nSPS) is 22.7. The molecule has 164 valence electrons. The lowest BCUT2D eigenvalue weighted by molar-refractivity contribution is -0.155. The molecule has 30 heavy (non-hydrogen) atoms. The summed E-state index contributed by atoms with van der Waals surface area (Å²) in [6.07, 6.45) is 0. The van der Waals surface area contributed by atoms with Gasteiger partial charge in [-0.1, -0.05) is 0 Å². The number of rotatable bonds is 8. The van der Waals surface area contributed by atoms with E-state index in [0.717, 1.165) is 0 Å². The Morgan fingerprint density at radius 3 is 1.63 bits per heavy atom. The van der Waals surface area contributed by atoms with Gasteiger partial charge in [0.1, 0.15) is 28.7 Å². The molecule has 0 fully saturated rings. The molecule has 0 saturated carbocycles. The molecular weight excluding hydrogens is 400 g/mol. The van der Waals surface area contributed by atoms with E-state index in [2.05, 4.69) is 0 Å². The first-order valence-electron chi connectivity index (χ1n) is 9.65. The fraction of sp³-hybridized carbons (Fsp3) is 0.550. The third kappa shape index (κ3) is 3.81. The van der Waals surface area contributed by atoms with Gasteiger partial charge in [0.15, 0.2) is 5.78 Å². The van der Waals surface area contributed by atoms with Crippen LogP contribution in [0.25, 0.3) is 0 Å². The van der Waals surface area contributed by atoms with Crippen molar-refractivity contribution >= 4 is 29.7 Å². The second-order valence-electron chi connectivity index (χ2n) is 6.34. The van der Waals surface area contributed by atoms with E-state index in [4.69, 9.17) is 18.9 Å². The minimum atomic E-state index is -1.62. The molecule has 0 heterocycles. The summed E-state index contributed by atoms with van der Waals surface area (Å²) in [5, 5.41) is 10.7. The fourth-order valence-corrected chi connectivity index (χ4v) is 3.71. The van der Waals surface area contributed by atoms with E-state index in [1.165, 1.54) is 27.7 Å². The third-order valence-electron chi connectivity index (χ3n) is 4.71. The highest BCUT2D eigenvalue weighted by Gasteiger charge is 2.61. The van der Waals surface area contributed by atoms with E-state index in [0.29, 0.717) is 0 Å². The van der Waals surface area contributed by atoms with Gasteiger partial charge < -0.3 is 24.1 Å². The van der Waals surface area contributed by atoms with Crippen LogP contribution in [0.15, 0.2) is 22.5 Å². The first kappa shape index (κ1) is 23.1. The zero-order chi connectivity index (χ0) is 22.6. The van der Waals surface area contributed by atoms with Gasteiger partial charge in [-0.25, -0.2) is 9.59 Å². The molecule has 0 amide bonds. The lowest BCUT2D eigenvalue weighted by Gasteiger charge is -2.21. The van der Waals surface area contributed by atoms with E-state index in [-0.39, 0.29) is 32.0 Å². The molecule has 0 aromatic heterocycles. The van der Waals surface area contributed by atoms with Gasteiger partial charge in [-0.05, 0) is 33.3 Å². The van der Waals surface area contributed by atoms with Crippen LogP contribution in [0.1, 0.15) is 27.7 Å². The molecule has 10 nitrogen and oxygen atoms in total. The average molecular weight is 424 g/mol. The Hall–Kier alpha value is -3.17. The van der Waals surface area contributed by atoms with Crippen molar-refractivity contribution in [2.45, 2.75) is 27.7 Å². The minimum absolute atomic E-state index is 0.0497. The Labute approximate surface area is 172 Å². The second kappa shape index (κ2) is 9.55. The summed E-state index contributed by atoms with van der Waals surface area (Å²) in [6.45, 7) is 5.83. The predicted molar refractivity (Wildman–Crippen MR) is 98.7 cm³/mol. The smallest absolute Gasteiger partial charge is 0.342 e. The van der Waals surface area contributed by atoms with E-state index < -0.39 is 64.3 Å². The molecule has 0 aliphatic heterocycles. The second-order valence-corrected chi connectivity index (χ2v) is 6.34. The molecule has 10 heteroatoms. The van der Waals surface area contributed by atoms with Crippen molar-refractivity contribution in [2.75, 3.05) is 26.4 Å². The lowest BCUT2D eigenvalue weighted by Crippen LogP contribution is -2.36. The molecule has 3 atom stereocenters. The highest BCUT2D eigenvalue weighted by Crippen LogP contribution is 2.52. The standard InChI is InChI=1S/C20H24O10/c1-5-27-17(23)11-9-10(13(15(11)21)19(25)29-7-3)14(20(26)30-8-4)16(22)12(9)18(24)28-6-2/h9,11-12,21H,5-8H2,1-4H3/t9-,11+,12+/m1/s1. The van der Waals surface area contributed by atoms with Gasteiger partial charge in [0.05, 0.1) is 26.4 Å². The van der Waals surface area contributed by atoms with E-state index in [1.54, 1.807) is 0 Å². The quantitative estimate of drug-likeness (QED) is 0.257. The highest BCUT2D eigenvalue weighted by molar-refractivity contribution is 6.27. The molecule has 0 aromatic rings. The Kier molecular flexibility index (Phi) is 7.36. The lowest BCUT2D eigenvalue weighted by atomic mass is 9.83. The summed E-state index contributed by atoms with van der Waals surface area (Å²) >= 11 is 0. The molecule has 0 radical (unpaired) electrons. The van der Waals surface area contributed by atoms with Crippen LogP contribution < -0.4 is 0 Å². The van der Waals surface area contributed by atoms with Crippen LogP contribution in [0.3, 0.4) is 0 Å². The maximum atomic E-state index is 13.0. The topological polar surface area (TPSA) is 142 Å². The maximum Gasteiger partial charge on any atom is 0.342 e. The van der Waals surface area contributed by atoms with E-state index in [9.17, 15) is 29.1 Å². The molecule has 0 spiro atoms. The van der Waals surface area contributed by atoms with Gasteiger partial charge in [0.25, 0.3) is 0 Å². The van der Waals surface area contributed by atoms with Crippen LogP contribution in [0.4, 0.5) is 0 Å². The summed E-state index contributed by atoms with van der Waals surface area (Å²) < 4.78 is 19.8. The van der Waals surface area contributed by atoms with Gasteiger partial charge in [-0.15, -0.1) is 0 Å². The van der Waals surface area contributed by atoms with Crippen LogP contribution in [0.2, 0.25) is 0 Å². The van der Waals surface area contributed by atoms with Crippen LogP contribution in [-0.4, -0.2) is 61.2 Å². The van der Waals surface area contributed by atoms with Crippen molar-refractivity contribution in [1.82, 2.24) is 0 Å². The largest absolute Gasteiger partial charge is 0.510 e. The molecular formula is C20H24O10. The predicted octanol–water partition coefficient (Wildman–Crippen LogP) is 0.792. The Bertz CT molecular complexity index is 835. The SMILES string of the molecule is CCOC(=O)C1=C(O)[C@@H](C(=O)OCC)[C@H]2C1=C(C(=O)OCC)C(=O)[C@H]2C(=O)OCC. The van der Waals surface area contributed by atoms with Gasteiger partial charge in [0, 0.05) is 5.92 Å². The first-order chi connectivity index (χ1) is 14.3. The Balaban J connectivity index is 2.76. The van der Waals surface area contributed by atoms with Gasteiger partial charge >= 0.3 is 23.9 Å². The van der Waals surface area contributed by atoms with E-state index in [1.807, 2.05) is 0 Å². The van der Waals surface area contributed by atoms with E-state index >= 15 is 0 Å². The number of carbonyl (C=O) groups is 5. The minimum Gasteiger partial charge on any atom is -0.510 e. The van der Waals surface area contributed by atoms with Crippen LogP contribution in [-0.2, 0) is 42.9 Å². The average Bonchev–Trinajstić information content (AvgIpc) is 3.11. The number of Topliss-reactive ketones (excluding diaryl/α,β-unsaturated/α-hetero) is 1. The molecule has 0 aromatic carbocycles. The van der Waals surface area contributed by atoms with Gasteiger partial charge in [-0.2, -0.15) is 0 Å². The third-order valence-corrected chi connectivity index (χ3v) is 4.71. The van der Waals surface area contributed by atoms with Crippen molar-refractivity contribution in [3.05, 3.63) is 22.5 Å². The Morgan fingerprint density at radius 2 is 1.17 bits per heavy atom. The fourth-order valence-electron chi connectivity index (χ4n) is 3.71. The number of aliphatic hydroxyl groups is 1. The number of carbonyl (C=O) groups excluding carboxylic acids is 5. The number of ketones is 1. The van der Waals surface area contributed by atoms with Crippen LogP contribution in [0, 0.1) is 17.8 Å². The number of hydrogen-bond donors (Lipinski definition) is 1. The number of aliphatic hydroxyl groups excluding tert-OH is 1. The van der Waals surface area contributed by atoms with Crippen molar-refractivity contribution in [2.24, 2.45) is 17.8 Å². The zero-order valence-corrected chi connectivity index (χ0v) is 17.2. The molecule has 0 unspecified atom stereocenters. The van der Waals surface area contributed by atoms with Crippen molar-refractivity contribution in [3.63, 3.8) is 0 Å². The van der Waals surface area contributed by atoms with Crippen molar-refractivity contribution in [1.29, 1.82) is 0 Å². The van der Waals surface area contributed by atoms with Gasteiger partial charge in [-0.3, -0.25) is 14.4 Å². The first-order valence-corrected chi connectivity index (χ1v) is 9.65. The molecule has 2 aliphatic rings. The number of ether oxygens (including phenoxy) is 4. The molecule has 2 rings (SSSR count). The summed E-state index contributed by atoms with van der Waals surface area (Å²) in [4.78, 5) is 63.3. The van der Waals surface area contributed by atoms with Crippen LogP contribution >= 0.6 is 0 Å². The molecule has 0 bridgehead atoms. The number of fused-ring (bicyclic) bond motifs is 1. The van der Waals surface area contributed by atoms with Crippen molar-refractivity contribution in [3.8, 4) is 0 Å². The monoisotopic (exact) mass is 424 g/mol. The summed E-state index contributed by atoms with van der Waals surface area (Å²) in [5.41, 5.74) is -1.35. The van der Waals surface area contributed by atoms with Crippen LogP contribution in [0.5, 0.6) is 0 Å². The Morgan fingerprint density at radius 1 is 0.733 bits per heavy atom.